The molecule has 0 spiro atoms. The number of methoxy groups -OCH3 is 3. The topological polar surface area (TPSA) is 36.9 Å². The second-order valence-electron chi connectivity index (χ2n) is 16.1. The van der Waals surface area contributed by atoms with Crippen molar-refractivity contribution in [2.75, 3.05) is 21.3 Å². The van der Waals surface area contributed by atoms with Crippen LogP contribution in [0.5, 0.6) is 23.0 Å². The molecule has 56 heavy (non-hydrogen) atoms. The van der Waals surface area contributed by atoms with Gasteiger partial charge in [-0.05, 0) is 110 Å². The molecule has 0 aromatic heterocycles. The summed E-state index contributed by atoms with van der Waals surface area (Å²) in [7, 11) is 5.12. The lowest BCUT2D eigenvalue weighted by atomic mass is 9.71. The SMILES string of the molecule is CCC1(CC)c2ccccc2-c2c1c1c(c3cc(OC)c(OC)cc23)OC(c2ccc(OC)cc2)(c2ccc3c(c2)C(C)(C)c2ccc4ccccc4c2-3)C=C1. The average Bonchev–Trinajstić information content (AvgIpc) is 3.68. The van der Waals surface area contributed by atoms with Crippen LogP contribution in [0.25, 0.3) is 49.9 Å². The highest BCUT2D eigenvalue weighted by Crippen LogP contribution is 2.61. The minimum Gasteiger partial charge on any atom is -0.497 e. The molecular weight excluding hydrogens is 689 g/mol. The van der Waals surface area contributed by atoms with Crippen LogP contribution < -0.4 is 18.9 Å². The summed E-state index contributed by atoms with van der Waals surface area (Å²) >= 11 is 0. The van der Waals surface area contributed by atoms with Crippen molar-refractivity contribution in [1.29, 1.82) is 0 Å². The molecule has 0 saturated carbocycles. The van der Waals surface area contributed by atoms with Crippen LogP contribution in [-0.4, -0.2) is 21.3 Å². The van der Waals surface area contributed by atoms with E-state index in [1.54, 1.807) is 21.3 Å². The summed E-state index contributed by atoms with van der Waals surface area (Å²) < 4.78 is 25.4. The summed E-state index contributed by atoms with van der Waals surface area (Å²) in [5.74, 6) is 3.02. The Bertz CT molecular complexity index is 2790. The van der Waals surface area contributed by atoms with Crippen LogP contribution in [0.15, 0.2) is 121 Å². The van der Waals surface area contributed by atoms with E-state index in [-0.39, 0.29) is 10.8 Å². The predicted octanol–water partition coefficient (Wildman–Crippen LogP) is 12.8. The summed E-state index contributed by atoms with van der Waals surface area (Å²) in [5, 5.41) is 4.65. The highest BCUT2D eigenvalue weighted by molar-refractivity contribution is 6.10. The fourth-order valence-electron chi connectivity index (χ4n) is 10.5. The van der Waals surface area contributed by atoms with Gasteiger partial charge in [0.1, 0.15) is 11.5 Å². The Kier molecular flexibility index (Phi) is 7.54. The molecule has 0 N–H and O–H groups in total. The fourth-order valence-corrected chi connectivity index (χ4v) is 10.5. The third kappa shape index (κ3) is 4.41. The van der Waals surface area contributed by atoms with Crippen molar-refractivity contribution in [3.05, 3.63) is 160 Å². The minimum absolute atomic E-state index is 0.183. The van der Waals surface area contributed by atoms with Crippen LogP contribution in [0.2, 0.25) is 0 Å². The Morgan fingerprint density at radius 1 is 0.571 bits per heavy atom. The van der Waals surface area contributed by atoms with Gasteiger partial charge in [-0.25, -0.2) is 0 Å². The lowest BCUT2D eigenvalue weighted by Gasteiger charge is -2.40. The van der Waals surface area contributed by atoms with E-state index in [9.17, 15) is 0 Å². The first-order valence-corrected chi connectivity index (χ1v) is 19.8. The number of benzene rings is 7. The molecule has 3 aliphatic rings. The summed E-state index contributed by atoms with van der Waals surface area (Å²) in [6.07, 6.45) is 6.58. The van der Waals surface area contributed by atoms with Crippen LogP contribution in [-0.2, 0) is 16.4 Å². The largest absolute Gasteiger partial charge is 0.497 e. The number of rotatable bonds is 7. The van der Waals surface area contributed by atoms with Crippen molar-refractivity contribution in [1.82, 2.24) is 0 Å². The van der Waals surface area contributed by atoms with Gasteiger partial charge in [0.15, 0.2) is 17.1 Å². The fraction of sp³-hybridized carbons (Fsp3) is 0.231. The van der Waals surface area contributed by atoms with E-state index in [1.807, 2.05) is 12.1 Å². The van der Waals surface area contributed by atoms with Crippen molar-refractivity contribution in [3.8, 4) is 45.3 Å². The van der Waals surface area contributed by atoms with E-state index < -0.39 is 5.60 Å². The Hall–Kier alpha value is -6.00. The van der Waals surface area contributed by atoms with E-state index in [2.05, 4.69) is 143 Å². The standard InChI is InChI=1S/C52H46O4/c1-8-51(9-2)41-17-13-12-16-36(41)47-39-29-44(54-6)45(55-7)30-40(39)49-38(48(47)51)26-27-52(56-49,32-19-22-34(53-5)23-20-32)33-21-24-37-43(28-33)50(3,4)42-25-18-31-14-10-11-15-35(31)46(37)42/h10-30H,8-9H2,1-7H3. The first-order valence-electron chi connectivity index (χ1n) is 19.8. The van der Waals surface area contributed by atoms with Gasteiger partial charge >= 0.3 is 0 Å². The Morgan fingerprint density at radius 2 is 1.25 bits per heavy atom. The Labute approximate surface area is 329 Å². The van der Waals surface area contributed by atoms with Gasteiger partial charge < -0.3 is 18.9 Å². The van der Waals surface area contributed by atoms with Crippen molar-refractivity contribution < 1.29 is 18.9 Å². The Balaban J connectivity index is 1.27. The number of hydrogen-bond acceptors (Lipinski definition) is 4. The third-order valence-corrected chi connectivity index (χ3v) is 13.5. The third-order valence-electron chi connectivity index (χ3n) is 13.5. The van der Waals surface area contributed by atoms with Gasteiger partial charge in [0.2, 0.25) is 0 Å². The number of fused-ring (bicyclic) bond motifs is 13. The van der Waals surface area contributed by atoms with E-state index in [4.69, 9.17) is 18.9 Å². The molecule has 1 aliphatic heterocycles. The van der Waals surface area contributed by atoms with E-state index in [1.165, 1.54) is 55.3 Å². The smallest absolute Gasteiger partial charge is 0.178 e. The maximum atomic E-state index is 7.81. The molecule has 4 nitrogen and oxygen atoms in total. The van der Waals surface area contributed by atoms with Crippen LogP contribution in [0.4, 0.5) is 0 Å². The van der Waals surface area contributed by atoms with Gasteiger partial charge in [-0.15, -0.1) is 0 Å². The zero-order valence-corrected chi connectivity index (χ0v) is 33.2. The molecule has 0 amide bonds. The molecule has 7 aromatic carbocycles. The molecular formula is C52H46O4. The zero-order chi connectivity index (χ0) is 38.6. The lowest BCUT2D eigenvalue weighted by molar-refractivity contribution is 0.163. The molecule has 1 atom stereocenters. The van der Waals surface area contributed by atoms with Crippen LogP contribution in [0.3, 0.4) is 0 Å². The summed E-state index contributed by atoms with van der Waals surface area (Å²) in [6.45, 7) is 9.35. The summed E-state index contributed by atoms with van der Waals surface area (Å²) in [5.41, 5.74) is 12.4. The number of hydrogen-bond donors (Lipinski definition) is 0. The highest BCUT2D eigenvalue weighted by Gasteiger charge is 2.48. The minimum atomic E-state index is -0.956. The molecule has 7 aromatic rings. The molecule has 0 radical (unpaired) electrons. The van der Waals surface area contributed by atoms with Gasteiger partial charge in [-0.1, -0.05) is 119 Å². The van der Waals surface area contributed by atoms with E-state index >= 15 is 0 Å². The van der Waals surface area contributed by atoms with Gasteiger partial charge in [-0.3, -0.25) is 0 Å². The second kappa shape index (κ2) is 12.2. The first kappa shape index (κ1) is 34.5. The van der Waals surface area contributed by atoms with E-state index in [0.717, 1.165) is 51.8 Å². The molecule has 4 heteroatoms. The quantitative estimate of drug-likeness (QED) is 0.163. The highest BCUT2D eigenvalue weighted by atomic mass is 16.5. The lowest BCUT2D eigenvalue weighted by Crippen LogP contribution is -2.35. The maximum absolute atomic E-state index is 7.81. The zero-order valence-electron chi connectivity index (χ0n) is 33.2. The average molecular weight is 735 g/mol. The molecule has 278 valence electrons. The second-order valence-corrected chi connectivity index (χ2v) is 16.1. The van der Waals surface area contributed by atoms with Crippen molar-refractivity contribution >= 4 is 27.6 Å². The van der Waals surface area contributed by atoms with Gasteiger partial charge in [-0.2, -0.15) is 0 Å². The van der Waals surface area contributed by atoms with Gasteiger partial charge in [0, 0.05) is 32.9 Å². The molecule has 0 saturated heterocycles. The predicted molar refractivity (Wildman–Crippen MR) is 229 cm³/mol. The summed E-state index contributed by atoms with van der Waals surface area (Å²) in [6, 6.07) is 41.9. The molecule has 0 fully saturated rings. The molecule has 2 aliphatic carbocycles. The normalized spacial score (nSPS) is 17.8. The monoisotopic (exact) mass is 734 g/mol. The van der Waals surface area contributed by atoms with Gasteiger partial charge in [0.05, 0.1) is 21.3 Å². The Morgan fingerprint density at radius 3 is 1.98 bits per heavy atom. The van der Waals surface area contributed by atoms with Crippen molar-refractivity contribution in [3.63, 3.8) is 0 Å². The van der Waals surface area contributed by atoms with Crippen LogP contribution in [0.1, 0.15) is 79.5 Å². The summed E-state index contributed by atoms with van der Waals surface area (Å²) in [4.78, 5) is 0. The number of ether oxygens (including phenoxy) is 4. The maximum Gasteiger partial charge on any atom is 0.178 e. The van der Waals surface area contributed by atoms with Gasteiger partial charge in [0.25, 0.3) is 0 Å². The first-order chi connectivity index (χ1) is 27.2. The molecule has 1 unspecified atom stereocenters. The molecule has 0 bridgehead atoms. The van der Waals surface area contributed by atoms with Crippen molar-refractivity contribution in [2.45, 2.75) is 57.0 Å². The van der Waals surface area contributed by atoms with Crippen LogP contribution in [0, 0.1) is 0 Å². The molecule has 10 rings (SSSR count). The molecule has 1 heterocycles. The van der Waals surface area contributed by atoms with E-state index in [0.29, 0.717) is 11.5 Å². The van der Waals surface area contributed by atoms with Crippen molar-refractivity contribution in [2.24, 2.45) is 0 Å². The van der Waals surface area contributed by atoms with Crippen LogP contribution >= 0.6 is 0 Å².